The van der Waals surface area contributed by atoms with Gasteiger partial charge in [-0.1, -0.05) is 18.2 Å². The number of halogens is 1. The van der Waals surface area contributed by atoms with Gasteiger partial charge in [0.15, 0.2) is 11.5 Å². The molecular weight excluding hydrogens is 451 g/mol. The highest BCUT2D eigenvalue weighted by atomic mass is 19.1. The average Bonchev–Trinajstić information content (AvgIpc) is 3.30. The maximum absolute atomic E-state index is 13.5. The number of nitrogens with one attached hydrogen (secondary N) is 1. The van der Waals surface area contributed by atoms with Crippen LogP contribution in [0.4, 0.5) is 4.39 Å². The highest BCUT2D eigenvalue weighted by Gasteiger charge is 2.34. The Labute approximate surface area is 201 Å². The van der Waals surface area contributed by atoms with Crippen LogP contribution >= 0.6 is 0 Å². The minimum atomic E-state index is -0.360. The predicted octanol–water partition coefficient (Wildman–Crippen LogP) is 5.25. The summed E-state index contributed by atoms with van der Waals surface area (Å²) in [5, 5.41) is 7.26. The molecule has 1 aromatic heterocycles. The van der Waals surface area contributed by atoms with Crippen LogP contribution in [0.15, 0.2) is 66.7 Å². The lowest BCUT2D eigenvalue weighted by Gasteiger charge is -2.23. The molecule has 5 rings (SSSR count). The summed E-state index contributed by atoms with van der Waals surface area (Å²) in [5.74, 6) is 1.05. The molecule has 8 heteroatoms. The van der Waals surface area contributed by atoms with Crippen molar-refractivity contribution in [2.24, 2.45) is 0 Å². The van der Waals surface area contributed by atoms with Gasteiger partial charge < -0.3 is 18.9 Å². The molecule has 178 valence electrons. The summed E-state index contributed by atoms with van der Waals surface area (Å²) in [4.78, 5) is 12.4. The fourth-order valence-corrected chi connectivity index (χ4v) is 4.22. The van der Waals surface area contributed by atoms with Crippen LogP contribution in [0, 0.1) is 5.82 Å². The van der Waals surface area contributed by atoms with Crippen molar-refractivity contribution in [2.45, 2.75) is 18.9 Å². The molecule has 0 saturated heterocycles. The maximum atomic E-state index is 13.5. The Hall–Kier alpha value is -4.33. The first kappa shape index (κ1) is 22.5. The van der Waals surface area contributed by atoms with Crippen LogP contribution in [-0.4, -0.2) is 30.4 Å². The molecule has 0 unspecified atom stereocenters. The molecule has 3 aromatic carbocycles. The van der Waals surface area contributed by atoms with Crippen molar-refractivity contribution < 1.29 is 28.1 Å². The van der Waals surface area contributed by atoms with Crippen molar-refractivity contribution in [1.29, 1.82) is 0 Å². The van der Waals surface area contributed by atoms with Crippen molar-refractivity contribution in [2.75, 3.05) is 14.2 Å². The molecule has 0 aliphatic carbocycles. The normalized spacial score (nSPS) is 14.7. The molecule has 7 nitrogen and oxygen atoms in total. The third-order valence-electron chi connectivity index (χ3n) is 5.95. The third-order valence-corrected chi connectivity index (χ3v) is 5.95. The van der Waals surface area contributed by atoms with E-state index in [-0.39, 0.29) is 36.6 Å². The largest absolute Gasteiger partial charge is 0.497 e. The number of benzene rings is 3. The van der Waals surface area contributed by atoms with E-state index in [1.54, 1.807) is 32.4 Å². The van der Waals surface area contributed by atoms with Crippen LogP contribution < -0.4 is 18.9 Å². The number of ether oxygens (including phenoxy) is 4. The Bertz CT molecular complexity index is 1370. The van der Waals surface area contributed by atoms with Gasteiger partial charge in [-0.15, -0.1) is 5.10 Å². The molecule has 0 radical (unpaired) electrons. The molecule has 1 aliphatic rings. The van der Waals surface area contributed by atoms with E-state index < -0.39 is 0 Å². The third kappa shape index (κ3) is 4.55. The lowest BCUT2D eigenvalue weighted by atomic mass is 9.85. The summed E-state index contributed by atoms with van der Waals surface area (Å²) in [6.45, 7) is 0.191. The number of hydrogen-bond donors (Lipinski definition) is 1. The van der Waals surface area contributed by atoms with E-state index in [1.807, 2.05) is 36.4 Å². The van der Waals surface area contributed by atoms with Crippen molar-refractivity contribution >= 4 is 5.97 Å². The smallest absolute Gasteiger partial charge is 0.313 e. The average molecular weight is 474 g/mol. The number of methoxy groups -OCH3 is 2. The van der Waals surface area contributed by atoms with Crippen LogP contribution in [0.3, 0.4) is 0 Å². The van der Waals surface area contributed by atoms with Gasteiger partial charge in [0.05, 0.1) is 31.9 Å². The summed E-state index contributed by atoms with van der Waals surface area (Å²) in [6.07, 6.45) is 0.155. The number of aromatic nitrogens is 2. The standard InChI is InChI=1S/C27H23FN2O5/c1-32-20-9-6-17(7-10-20)26-25-21(14-24(31)35-27(25)30-29-26)18-8-11-22(23(13-18)33-2)34-15-16-4-3-5-19(28)12-16/h3-13,21H,14-15H2,1-2H3,(H,29,30)/t21-/m0/s1. The van der Waals surface area contributed by atoms with E-state index >= 15 is 0 Å². The number of hydrogen-bond acceptors (Lipinski definition) is 6. The fraction of sp³-hybridized carbons (Fsp3) is 0.185. The minimum Gasteiger partial charge on any atom is -0.497 e. The van der Waals surface area contributed by atoms with Gasteiger partial charge in [-0.2, -0.15) is 0 Å². The van der Waals surface area contributed by atoms with E-state index in [1.165, 1.54) is 12.1 Å². The van der Waals surface area contributed by atoms with E-state index in [9.17, 15) is 9.18 Å². The second-order valence-corrected chi connectivity index (χ2v) is 8.11. The summed E-state index contributed by atoms with van der Waals surface area (Å²) >= 11 is 0. The van der Waals surface area contributed by atoms with E-state index in [0.29, 0.717) is 17.1 Å². The van der Waals surface area contributed by atoms with E-state index in [4.69, 9.17) is 18.9 Å². The summed E-state index contributed by atoms with van der Waals surface area (Å²) in [7, 11) is 3.16. The molecule has 2 heterocycles. The molecule has 0 saturated carbocycles. The zero-order chi connectivity index (χ0) is 24.4. The van der Waals surface area contributed by atoms with Crippen LogP contribution in [0.1, 0.15) is 29.0 Å². The van der Waals surface area contributed by atoms with Crippen LogP contribution in [0.25, 0.3) is 11.3 Å². The van der Waals surface area contributed by atoms with Crippen molar-refractivity contribution in [3.8, 4) is 34.4 Å². The van der Waals surface area contributed by atoms with Gasteiger partial charge in [-0.25, -0.2) is 4.39 Å². The van der Waals surface area contributed by atoms with Crippen molar-refractivity contribution in [3.05, 3.63) is 89.2 Å². The minimum absolute atomic E-state index is 0.155. The second-order valence-electron chi connectivity index (χ2n) is 8.11. The Morgan fingerprint density at radius 2 is 1.86 bits per heavy atom. The summed E-state index contributed by atoms with van der Waals surface area (Å²) in [6, 6.07) is 19.3. The Morgan fingerprint density at radius 1 is 1.03 bits per heavy atom. The molecule has 35 heavy (non-hydrogen) atoms. The highest BCUT2D eigenvalue weighted by molar-refractivity contribution is 5.80. The number of carbonyl (C=O) groups is 1. The van der Waals surface area contributed by atoms with Crippen molar-refractivity contribution in [1.82, 2.24) is 10.2 Å². The Balaban J connectivity index is 1.47. The quantitative estimate of drug-likeness (QED) is 0.368. The number of H-pyrrole nitrogens is 1. The predicted molar refractivity (Wildman–Crippen MR) is 126 cm³/mol. The molecule has 1 atom stereocenters. The number of carbonyl (C=O) groups excluding carboxylic acids is 1. The van der Waals surface area contributed by atoms with Gasteiger partial charge in [-0.3, -0.25) is 9.89 Å². The van der Waals surface area contributed by atoms with E-state index in [0.717, 1.165) is 28.1 Å². The van der Waals surface area contributed by atoms with Gasteiger partial charge in [0, 0.05) is 11.5 Å². The number of rotatable bonds is 7. The van der Waals surface area contributed by atoms with E-state index in [2.05, 4.69) is 10.2 Å². The SMILES string of the molecule is COc1ccc(-c2[nH]nc3c2[C@H](c2ccc(OCc4cccc(F)c4)c(OC)c2)CC(=O)O3)cc1. The van der Waals surface area contributed by atoms with Crippen LogP contribution in [0.2, 0.25) is 0 Å². The monoisotopic (exact) mass is 474 g/mol. The van der Waals surface area contributed by atoms with Gasteiger partial charge in [-0.05, 0) is 59.7 Å². The lowest BCUT2D eigenvalue weighted by molar-refractivity contribution is -0.135. The molecule has 1 aliphatic heterocycles. The molecule has 0 amide bonds. The van der Waals surface area contributed by atoms with Crippen LogP contribution in [0.5, 0.6) is 23.1 Å². The Kier molecular flexibility index (Phi) is 6.10. The summed E-state index contributed by atoms with van der Waals surface area (Å²) in [5.41, 5.74) is 4.02. The van der Waals surface area contributed by atoms with Crippen molar-refractivity contribution in [3.63, 3.8) is 0 Å². The molecule has 0 bridgehead atoms. The molecule has 0 fully saturated rings. The van der Waals surface area contributed by atoms with Crippen LogP contribution in [-0.2, 0) is 11.4 Å². The first-order valence-corrected chi connectivity index (χ1v) is 11.0. The maximum Gasteiger partial charge on any atom is 0.313 e. The van der Waals surface area contributed by atoms with Gasteiger partial charge in [0.2, 0.25) is 5.88 Å². The van der Waals surface area contributed by atoms with Gasteiger partial charge >= 0.3 is 5.97 Å². The lowest BCUT2D eigenvalue weighted by Crippen LogP contribution is -2.21. The number of fused-ring (bicyclic) bond motifs is 1. The molecular formula is C27H23FN2O5. The molecule has 4 aromatic rings. The fourth-order valence-electron chi connectivity index (χ4n) is 4.22. The molecule has 0 spiro atoms. The Morgan fingerprint density at radius 3 is 2.60 bits per heavy atom. The number of aromatic amines is 1. The second kappa shape index (κ2) is 9.50. The zero-order valence-corrected chi connectivity index (χ0v) is 19.2. The zero-order valence-electron chi connectivity index (χ0n) is 19.2. The van der Waals surface area contributed by atoms with Gasteiger partial charge in [0.25, 0.3) is 0 Å². The number of esters is 1. The summed E-state index contributed by atoms with van der Waals surface area (Å²) < 4.78 is 35.6. The number of nitrogens with zero attached hydrogens (tertiary/aromatic N) is 1. The topological polar surface area (TPSA) is 82.7 Å². The highest BCUT2D eigenvalue weighted by Crippen LogP contribution is 2.44. The van der Waals surface area contributed by atoms with Gasteiger partial charge in [0.1, 0.15) is 18.2 Å². The molecule has 1 N–H and O–H groups in total. The first-order valence-electron chi connectivity index (χ1n) is 11.0. The first-order chi connectivity index (χ1) is 17.1.